The minimum atomic E-state index is -0.396. The highest BCUT2D eigenvalue weighted by molar-refractivity contribution is 6.17. The molecule has 0 atom stereocenters. The molecule has 1 N–H and O–H groups in total. The van der Waals surface area contributed by atoms with Gasteiger partial charge in [0.25, 0.3) is 0 Å². The zero-order valence-corrected chi connectivity index (χ0v) is 30.0. The van der Waals surface area contributed by atoms with Crippen molar-refractivity contribution in [2.45, 2.75) is 5.41 Å². The van der Waals surface area contributed by atoms with Crippen molar-refractivity contribution in [2.75, 3.05) is 5.32 Å². The Morgan fingerprint density at radius 2 is 0.964 bits per heavy atom. The van der Waals surface area contributed by atoms with Crippen molar-refractivity contribution in [3.8, 4) is 33.4 Å². The highest BCUT2D eigenvalue weighted by Crippen LogP contribution is 2.56. The quantitative estimate of drug-likeness (QED) is 0.187. The molecule has 0 saturated heterocycles. The van der Waals surface area contributed by atoms with Crippen molar-refractivity contribution in [3.05, 3.63) is 229 Å². The second-order valence-electron chi connectivity index (χ2n) is 14.5. The number of rotatable bonds is 6. The van der Waals surface area contributed by atoms with Crippen LogP contribution >= 0.6 is 0 Å². The molecule has 9 aromatic carbocycles. The molecule has 11 rings (SSSR count). The lowest BCUT2D eigenvalue weighted by molar-refractivity contribution is 0.674. The Kier molecular flexibility index (Phi) is 7.11. The summed E-state index contributed by atoms with van der Waals surface area (Å²) in [5, 5.41) is 8.28. The Balaban J connectivity index is 0.932. The Hall–Kier alpha value is -7.16. The number of nitrogens with one attached hydrogen (secondary N) is 1. The van der Waals surface area contributed by atoms with Crippen molar-refractivity contribution in [3.63, 3.8) is 0 Å². The smallest absolute Gasteiger partial charge is 0.143 e. The summed E-state index contributed by atoms with van der Waals surface area (Å²) in [6, 6.07) is 74.5. The summed E-state index contributed by atoms with van der Waals surface area (Å²) in [6.45, 7) is 0. The Bertz CT molecular complexity index is 3010. The van der Waals surface area contributed by atoms with E-state index in [4.69, 9.17) is 4.42 Å². The molecule has 1 aliphatic carbocycles. The Morgan fingerprint density at radius 3 is 1.78 bits per heavy atom. The molecule has 0 bridgehead atoms. The van der Waals surface area contributed by atoms with Gasteiger partial charge in [-0.1, -0.05) is 170 Å². The van der Waals surface area contributed by atoms with Crippen molar-refractivity contribution in [1.82, 2.24) is 0 Å². The van der Waals surface area contributed by atoms with Gasteiger partial charge >= 0.3 is 0 Å². The summed E-state index contributed by atoms with van der Waals surface area (Å²) in [5.41, 5.74) is 15.9. The van der Waals surface area contributed by atoms with Crippen molar-refractivity contribution >= 4 is 44.1 Å². The molecule has 0 saturated carbocycles. The van der Waals surface area contributed by atoms with Gasteiger partial charge in [0.1, 0.15) is 11.2 Å². The first-order valence-corrected chi connectivity index (χ1v) is 18.9. The van der Waals surface area contributed by atoms with Crippen LogP contribution in [0.5, 0.6) is 0 Å². The molecule has 258 valence electrons. The monoisotopic (exact) mass is 701 g/mol. The van der Waals surface area contributed by atoms with Crippen LogP contribution in [0.15, 0.2) is 211 Å². The second kappa shape index (κ2) is 12.5. The number of hydrogen-bond donors (Lipinski definition) is 1. The zero-order valence-electron chi connectivity index (χ0n) is 30.0. The molecule has 10 aromatic rings. The van der Waals surface area contributed by atoms with Crippen molar-refractivity contribution in [1.29, 1.82) is 0 Å². The van der Waals surface area contributed by atoms with Gasteiger partial charge < -0.3 is 9.73 Å². The first-order valence-electron chi connectivity index (χ1n) is 18.9. The number of hydrogen-bond acceptors (Lipinski definition) is 2. The van der Waals surface area contributed by atoms with Gasteiger partial charge in [-0.15, -0.1) is 0 Å². The van der Waals surface area contributed by atoms with Crippen molar-refractivity contribution < 1.29 is 4.42 Å². The number of anilines is 2. The fourth-order valence-electron chi connectivity index (χ4n) is 9.06. The number of furan rings is 1. The van der Waals surface area contributed by atoms with Gasteiger partial charge in [-0.05, 0) is 91.9 Å². The fraction of sp³-hybridized carbons (Fsp3) is 0.0189. The highest BCUT2D eigenvalue weighted by atomic mass is 16.3. The van der Waals surface area contributed by atoms with E-state index in [9.17, 15) is 0 Å². The summed E-state index contributed by atoms with van der Waals surface area (Å²) in [7, 11) is 0. The maximum absolute atomic E-state index is 6.62. The molecule has 55 heavy (non-hydrogen) atoms. The van der Waals surface area contributed by atoms with Gasteiger partial charge in [-0.2, -0.15) is 0 Å². The van der Waals surface area contributed by atoms with Gasteiger partial charge in [0.15, 0.2) is 0 Å². The van der Waals surface area contributed by atoms with Crippen LogP contribution in [-0.4, -0.2) is 0 Å². The van der Waals surface area contributed by atoms with Gasteiger partial charge in [0, 0.05) is 33.1 Å². The molecule has 0 aliphatic heterocycles. The lowest BCUT2D eigenvalue weighted by Crippen LogP contribution is -2.28. The first kappa shape index (κ1) is 31.4. The minimum absolute atomic E-state index is 0.396. The van der Waals surface area contributed by atoms with E-state index >= 15 is 0 Å². The van der Waals surface area contributed by atoms with Gasteiger partial charge in [-0.25, -0.2) is 0 Å². The fourth-order valence-corrected chi connectivity index (χ4v) is 9.06. The van der Waals surface area contributed by atoms with E-state index in [-0.39, 0.29) is 0 Å². The molecule has 2 heteroatoms. The van der Waals surface area contributed by atoms with Crippen LogP contribution in [0.4, 0.5) is 11.4 Å². The number of fused-ring (bicyclic) bond motifs is 8. The lowest BCUT2D eigenvalue weighted by Gasteiger charge is -2.33. The van der Waals surface area contributed by atoms with Crippen LogP contribution in [0.2, 0.25) is 0 Å². The predicted octanol–water partition coefficient (Wildman–Crippen LogP) is 14.2. The Labute approximate surface area is 320 Å². The molecular weight excluding hydrogens is 667 g/mol. The van der Waals surface area contributed by atoms with Crippen LogP contribution in [-0.2, 0) is 5.41 Å². The first-order chi connectivity index (χ1) is 27.3. The highest BCUT2D eigenvalue weighted by Gasteiger charge is 2.45. The van der Waals surface area contributed by atoms with Gasteiger partial charge in [0.2, 0.25) is 0 Å². The minimum Gasteiger partial charge on any atom is -0.455 e. The topological polar surface area (TPSA) is 25.2 Å². The van der Waals surface area contributed by atoms with Crippen LogP contribution in [0.1, 0.15) is 22.3 Å². The lowest BCUT2D eigenvalue weighted by atomic mass is 9.67. The summed E-state index contributed by atoms with van der Waals surface area (Å²) in [6.07, 6.45) is 0. The molecule has 1 heterocycles. The van der Waals surface area contributed by atoms with E-state index in [1.807, 2.05) is 0 Å². The van der Waals surface area contributed by atoms with Crippen molar-refractivity contribution in [2.24, 2.45) is 0 Å². The average Bonchev–Trinajstić information content (AvgIpc) is 3.79. The third-order valence-electron chi connectivity index (χ3n) is 11.5. The van der Waals surface area contributed by atoms with E-state index in [1.165, 1.54) is 49.9 Å². The van der Waals surface area contributed by atoms with Gasteiger partial charge in [0.05, 0.1) is 5.41 Å². The van der Waals surface area contributed by atoms with E-state index < -0.39 is 5.41 Å². The maximum Gasteiger partial charge on any atom is 0.143 e. The molecule has 1 aromatic heterocycles. The molecule has 1 aliphatic rings. The summed E-state index contributed by atoms with van der Waals surface area (Å²) >= 11 is 0. The zero-order chi connectivity index (χ0) is 36.3. The normalized spacial score (nSPS) is 12.9. The van der Waals surface area contributed by atoms with Crippen LogP contribution < -0.4 is 5.32 Å². The standard InChI is InChI=1S/C53H35NO/c1-3-15-39(16-4-1)53(40-17-5-2-6-18-40)49-24-10-9-21-45(49)48-34-38(28-32-50(48)53)37-14-11-19-42(33-37)54-41-29-25-36(26-30-41)44-22-12-23-46-47-31-27-35-13-7-8-20-43(35)52(47)55-51(44)46/h1-34,54H. The molecule has 0 unspecified atom stereocenters. The number of benzene rings is 9. The van der Waals surface area contributed by atoms with Crippen LogP contribution in [0.3, 0.4) is 0 Å². The summed E-state index contributed by atoms with van der Waals surface area (Å²) in [5.74, 6) is 0. The Morgan fingerprint density at radius 1 is 0.345 bits per heavy atom. The molecule has 0 spiro atoms. The third-order valence-corrected chi connectivity index (χ3v) is 11.5. The average molecular weight is 702 g/mol. The van der Waals surface area contributed by atoms with E-state index in [2.05, 4.69) is 212 Å². The summed E-state index contributed by atoms with van der Waals surface area (Å²) in [4.78, 5) is 0. The second-order valence-corrected chi connectivity index (χ2v) is 14.5. The third kappa shape index (κ3) is 4.89. The number of para-hydroxylation sites is 1. The largest absolute Gasteiger partial charge is 0.455 e. The molecule has 0 radical (unpaired) electrons. The van der Waals surface area contributed by atoms with E-state index in [0.29, 0.717) is 0 Å². The maximum atomic E-state index is 6.62. The molecule has 0 amide bonds. The van der Waals surface area contributed by atoms with Crippen LogP contribution in [0.25, 0.3) is 66.1 Å². The van der Waals surface area contributed by atoms with E-state index in [1.54, 1.807) is 0 Å². The van der Waals surface area contributed by atoms with Gasteiger partial charge in [-0.3, -0.25) is 0 Å². The summed E-state index contributed by atoms with van der Waals surface area (Å²) < 4.78 is 6.62. The van der Waals surface area contributed by atoms with E-state index in [0.717, 1.165) is 49.8 Å². The molecule has 0 fully saturated rings. The van der Waals surface area contributed by atoms with Crippen LogP contribution in [0, 0.1) is 0 Å². The molecular formula is C53H35NO. The molecule has 2 nitrogen and oxygen atoms in total. The SMILES string of the molecule is c1ccc(C2(c3ccccc3)c3ccccc3-c3cc(-c4cccc(Nc5ccc(-c6cccc7c6oc6c8ccccc8ccc76)cc5)c4)ccc32)cc1. The predicted molar refractivity (Wildman–Crippen MR) is 229 cm³/mol.